The van der Waals surface area contributed by atoms with Crippen LogP contribution in [0, 0.1) is 6.92 Å². The minimum Gasteiger partial charge on any atom is -0.378 e. The van der Waals surface area contributed by atoms with E-state index in [0.29, 0.717) is 59.1 Å². The minimum absolute atomic E-state index is 0.198. The van der Waals surface area contributed by atoms with Gasteiger partial charge in [-0.25, -0.2) is 4.98 Å². The summed E-state index contributed by atoms with van der Waals surface area (Å²) >= 11 is 6.72. The number of benzene rings is 1. The Bertz CT molecular complexity index is 1330. The van der Waals surface area contributed by atoms with Crippen LogP contribution >= 0.6 is 24.0 Å². The molecule has 0 radical (unpaired) electrons. The Kier molecular flexibility index (Phi) is 6.01. The van der Waals surface area contributed by atoms with Crippen LogP contribution in [0.15, 0.2) is 58.4 Å². The number of carbonyl (C=O) groups is 1. The molecule has 9 heteroatoms. The standard InChI is InChI=1S/C24H22N4O3S2/c1-16-5-7-17(8-6-16)15-28-23(30)19(33-24(28)32)14-18-21(26-10-12-31-13-11-26)25-20-4-2-3-9-27(20)22(18)29/h2-9,14H,10-13,15H2,1H3/b19-14+. The lowest BCUT2D eigenvalue weighted by molar-refractivity contribution is -0.122. The minimum atomic E-state index is -0.217. The Morgan fingerprint density at radius 1 is 1.12 bits per heavy atom. The van der Waals surface area contributed by atoms with E-state index in [1.165, 1.54) is 16.2 Å². The number of pyridine rings is 1. The lowest BCUT2D eigenvalue weighted by Crippen LogP contribution is -2.38. The van der Waals surface area contributed by atoms with E-state index in [2.05, 4.69) is 0 Å². The van der Waals surface area contributed by atoms with Crippen molar-refractivity contribution in [1.82, 2.24) is 14.3 Å². The van der Waals surface area contributed by atoms with Gasteiger partial charge in [0.1, 0.15) is 15.8 Å². The molecule has 1 aromatic carbocycles. The van der Waals surface area contributed by atoms with Crippen LogP contribution < -0.4 is 10.5 Å². The fourth-order valence-corrected chi connectivity index (χ4v) is 5.11. The molecule has 2 fully saturated rings. The first-order valence-electron chi connectivity index (χ1n) is 10.7. The molecular formula is C24H22N4O3S2. The van der Waals surface area contributed by atoms with E-state index in [4.69, 9.17) is 21.9 Å². The summed E-state index contributed by atoms with van der Waals surface area (Å²) in [6.07, 6.45) is 3.34. The van der Waals surface area contributed by atoms with Crippen LogP contribution in [0.3, 0.4) is 0 Å². The van der Waals surface area contributed by atoms with Gasteiger partial charge in [0.2, 0.25) is 0 Å². The van der Waals surface area contributed by atoms with Crippen molar-refractivity contribution in [1.29, 1.82) is 0 Å². The Labute approximate surface area is 200 Å². The number of thiocarbonyl (C=S) groups is 1. The zero-order chi connectivity index (χ0) is 22.9. The van der Waals surface area contributed by atoms with Gasteiger partial charge in [0.05, 0.1) is 30.2 Å². The van der Waals surface area contributed by atoms with Crippen LogP contribution in [-0.2, 0) is 16.1 Å². The molecule has 1 amide bonds. The molecule has 5 rings (SSSR count). The molecule has 0 atom stereocenters. The van der Waals surface area contributed by atoms with Gasteiger partial charge in [0.15, 0.2) is 0 Å². The van der Waals surface area contributed by atoms with Crippen molar-refractivity contribution in [2.75, 3.05) is 31.2 Å². The molecule has 0 spiro atoms. The second kappa shape index (κ2) is 9.09. The number of aromatic nitrogens is 2. The molecule has 7 nitrogen and oxygen atoms in total. The Balaban J connectivity index is 1.54. The maximum Gasteiger partial charge on any atom is 0.267 e. The van der Waals surface area contributed by atoms with Gasteiger partial charge >= 0.3 is 0 Å². The highest BCUT2D eigenvalue weighted by Gasteiger charge is 2.33. The summed E-state index contributed by atoms with van der Waals surface area (Å²) in [6, 6.07) is 13.5. The Morgan fingerprint density at radius 3 is 2.64 bits per heavy atom. The SMILES string of the molecule is Cc1ccc(CN2C(=O)/C(=C\c3c(N4CCOCC4)nc4ccccn4c3=O)SC2=S)cc1. The van der Waals surface area contributed by atoms with E-state index in [1.54, 1.807) is 29.3 Å². The van der Waals surface area contributed by atoms with Crippen molar-refractivity contribution in [2.45, 2.75) is 13.5 Å². The summed E-state index contributed by atoms with van der Waals surface area (Å²) in [5.41, 5.74) is 2.89. The summed E-state index contributed by atoms with van der Waals surface area (Å²) in [5, 5.41) is 0. The largest absolute Gasteiger partial charge is 0.378 e. The number of aryl methyl sites for hydroxylation is 1. The first-order valence-corrected chi connectivity index (χ1v) is 11.9. The zero-order valence-electron chi connectivity index (χ0n) is 18.1. The first kappa shape index (κ1) is 21.8. The summed E-state index contributed by atoms with van der Waals surface area (Å²) in [5.74, 6) is 0.370. The van der Waals surface area contributed by atoms with Crippen LogP contribution in [0.5, 0.6) is 0 Å². The molecular weight excluding hydrogens is 456 g/mol. The van der Waals surface area contributed by atoms with Crippen LogP contribution in [0.1, 0.15) is 16.7 Å². The quantitative estimate of drug-likeness (QED) is 0.421. The zero-order valence-corrected chi connectivity index (χ0v) is 19.7. The number of anilines is 1. The lowest BCUT2D eigenvalue weighted by atomic mass is 10.1. The number of morpholine rings is 1. The number of amides is 1. The van der Waals surface area contributed by atoms with Gasteiger partial charge in [-0.3, -0.25) is 18.9 Å². The number of thioether (sulfide) groups is 1. The van der Waals surface area contributed by atoms with Gasteiger partial charge in [-0.05, 0) is 30.7 Å². The van der Waals surface area contributed by atoms with Crippen LogP contribution in [0.2, 0.25) is 0 Å². The molecule has 4 heterocycles. The van der Waals surface area contributed by atoms with Gasteiger partial charge in [-0.2, -0.15) is 0 Å². The van der Waals surface area contributed by atoms with Gasteiger partial charge < -0.3 is 9.64 Å². The topological polar surface area (TPSA) is 67.2 Å². The van der Waals surface area contributed by atoms with E-state index in [0.717, 1.165) is 11.1 Å². The van der Waals surface area contributed by atoms with E-state index in [9.17, 15) is 9.59 Å². The average Bonchev–Trinajstić information content (AvgIpc) is 3.10. The highest BCUT2D eigenvalue weighted by atomic mass is 32.2. The van der Waals surface area contributed by atoms with Crippen molar-refractivity contribution in [3.63, 3.8) is 0 Å². The van der Waals surface area contributed by atoms with Gasteiger partial charge in [-0.15, -0.1) is 0 Å². The predicted octanol–water partition coefficient (Wildman–Crippen LogP) is 3.24. The molecule has 2 aliphatic rings. The van der Waals surface area contributed by atoms with Crippen LogP contribution in [-0.4, -0.2) is 50.8 Å². The van der Waals surface area contributed by atoms with Crippen LogP contribution in [0.4, 0.5) is 5.82 Å². The Morgan fingerprint density at radius 2 is 1.88 bits per heavy atom. The summed E-state index contributed by atoms with van der Waals surface area (Å²) < 4.78 is 7.45. The average molecular weight is 479 g/mol. The summed E-state index contributed by atoms with van der Waals surface area (Å²) in [4.78, 5) is 35.5. The number of nitrogens with zero attached hydrogens (tertiary/aromatic N) is 4. The van der Waals surface area contributed by atoms with Gasteiger partial charge in [0, 0.05) is 19.3 Å². The second-order valence-corrected chi connectivity index (χ2v) is 9.61. The van der Waals surface area contributed by atoms with Crippen molar-refractivity contribution in [3.05, 3.63) is 80.6 Å². The maximum atomic E-state index is 13.4. The molecule has 0 saturated carbocycles. The van der Waals surface area contributed by atoms with Gasteiger partial charge in [-0.1, -0.05) is 59.9 Å². The summed E-state index contributed by atoms with van der Waals surface area (Å²) in [7, 11) is 0. The fourth-order valence-electron chi connectivity index (χ4n) is 3.88. The molecule has 2 saturated heterocycles. The molecule has 2 aromatic heterocycles. The number of fused-ring (bicyclic) bond motifs is 1. The summed E-state index contributed by atoms with van der Waals surface area (Å²) in [6.45, 7) is 4.80. The third-order valence-corrected chi connectivity index (χ3v) is 7.05. The normalized spacial score (nSPS) is 18.0. The first-order chi connectivity index (χ1) is 16.0. The smallest absolute Gasteiger partial charge is 0.267 e. The fraction of sp³-hybridized carbons (Fsp3) is 0.250. The molecule has 0 aliphatic carbocycles. The molecule has 0 bridgehead atoms. The van der Waals surface area contributed by atoms with Crippen molar-refractivity contribution >= 4 is 51.7 Å². The van der Waals surface area contributed by atoms with Crippen LogP contribution in [0.25, 0.3) is 11.7 Å². The third-order valence-electron chi connectivity index (χ3n) is 5.67. The molecule has 2 aliphatic heterocycles. The monoisotopic (exact) mass is 478 g/mol. The lowest BCUT2D eigenvalue weighted by Gasteiger charge is -2.29. The number of rotatable bonds is 4. The van der Waals surface area contributed by atoms with E-state index >= 15 is 0 Å². The number of hydrogen-bond acceptors (Lipinski definition) is 7. The molecule has 33 heavy (non-hydrogen) atoms. The predicted molar refractivity (Wildman–Crippen MR) is 134 cm³/mol. The van der Waals surface area contributed by atoms with E-state index in [-0.39, 0.29) is 11.5 Å². The Hall–Kier alpha value is -3.01. The van der Waals surface area contributed by atoms with Gasteiger partial charge in [0.25, 0.3) is 11.5 Å². The van der Waals surface area contributed by atoms with Crippen molar-refractivity contribution in [3.8, 4) is 0 Å². The molecule has 0 N–H and O–H groups in total. The second-order valence-electron chi connectivity index (χ2n) is 7.94. The van der Waals surface area contributed by atoms with E-state index < -0.39 is 0 Å². The highest BCUT2D eigenvalue weighted by molar-refractivity contribution is 8.26. The number of hydrogen-bond donors (Lipinski definition) is 0. The molecule has 0 unspecified atom stereocenters. The number of carbonyl (C=O) groups excluding carboxylic acids is 1. The third kappa shape index (κ3) is 4.31. The molecule has 3 aromatic rings. The maximum absolute atomic E-state index is 13.4. The number of ether oxygens (including phenoxy) is 1. The van der Waals surface area contributed by atoms with Crippen molar-refractivity contribution in [2.24, 2.45) is 0 Å². The van der Waals surface area contributed by atoms with Crippen molar-refractivity contribution < 1.29 is 9.53 Å². The molecule has 168 valence electrons. The highest BCUT2D eigenvalue weighted by Crippen LogP contribution is 2.34. The van der Waals surface area contributed by atoms with E-state index in [1.807, 2.05) is 42.2 Å².